The molecule has 1 aromatic heterocycles. The number of aromatic nitrogens is 3. The molecule has 0 N–H and O–H groups in total. The summed E-state index contributed by atoms with van der Waals surface area (Å²) in [4.78, 5) is 13.2. The number of nitrogens with zero attached hydrogens (tertiary/aromatic N) is 5. The zero-order valence-electron chi connectivity index (χ0n) is 10.6. The number of ether oxygens (including phenoxy) is 1. The fraction of sp³-hybridized carbons (Fsp3) is 0.167. The van der Waals surface area contributed by atoms with Gasteiger partial charge in [0.05, 0.1) is 11.6 Å². The number of nitriles is 1. The largest absolute Gasteiger partial charge is 0.421 e. The molecule has 0 amide bonds. The Kier molecular flexibility index (Phi) is 3.96. The second-order valence-corrected chi connectivity index (χ2v) is 4.28. The first-order chi connectivity index (χ1) is 9.49. The Labute approximate surface area is 119 Å². The van der Waals surface area contributed by atoms with Crippen molar-refractivity contribution >= 4 is 17.5 Å². The van der Waals surface area contributed by atoms with E-state index in [4.69, 9.17) is 21.6 Å². The van der Waals surface area contributed by atoms with Crippen LogP contribution >= 0.6 is 11.6 Å². The Balaban J connectivity index is 2.33. The smallest absolute Gasteiger partial charge is 0.328 e. The van der Waals surface area contributed by atoms with Crippen molar-refractivity contribution in [1.29, 1.82) is 5.26 Å². The number of benzene rings is 1. The van der Waals surface area contributed by atoms with Gasteiger partial charge in [0, 0.05) is 14.1 Å². The van der Waals surface area contributed by atoms with E-state index in [0.717, 1.165) is 6.07 Å². The molecule has 102 valence electrons. The lowest BCUT2D eigenvalue weighted by atomic mass is 10.2. The Morgan fingerprint density at radius 2 is 2.05 bits per heavy atom. The average Bonchev–Trinajstić information content (AvgIpc) is 2.40. The van der Waals surface area contributed by atoms with Crippen molar-refractivity contribution in [1.82, 2.24) is 15.0 Å². The van der Waals surface area contributed by atoms with Crippen molar-refractivity contribution < 1.29 is 9.13 Å². The van der Waals surface area contributed by atoms with E-state index in [0.29, 0.717) is 0 Å². The number of halogens is 2. The second kappa shape index (κ2) is 5.67. The van der Waals surface area contributed by atoms with Gasteiger partial charge in [0.25, 0.3) is 0 Å². The van der Waals surface area contributed by atoms with Gasteiger partial charge < -0.3 is 9.64 Å². The first kappa shape index (κ1) is 14.0. The lowest BCUT2D eigenvalue weighted by Gasteiger charge is -2.11. The summed E-state index contributed by atoms with van der Waals surface area (Å²) in [6.07, 6.45) is 0. The number of hydrogen-bond donors (Lipinski definition) is 0. The molecular formula is C12H9ClFN5O. The quantitative estimate of drug-likeness (QED) is 0.865. The van der Waals surface area contributed by atoms with E-state index in [1.807, 2.05) is 6.07 Å². The molecule has 2 aromatic rings. The Morgan fingerprint density at radius 3 is 2.65 bits per heavy atom. The minimum Gasteiger partial charge on any atom is -0.421 e. The van der Waals surface area contributed by atoms with Crippen LogP contribution in [0.3, 0.4) is 0 Å². The van der Waals surface area contributed by atoms with Crippen LogP contribution in [0.5, 0.6) is 11.8 Å². The van der Waals surface area contributed by atoms with Crippen LogP contribution in [-0.4, -0.2) is 29.0 Å². The van der Waals surface area contributed by atoms with Crippen LogP contribution in [0.1, 0.15) is 5.56 Å². The summed E-state index contributed by atoms with van der Waals surface area (Å²) >= 11 is 5.74. The van der Waals surface area contributed by atoms with Gasteiger partial charge in [0.2, 0.25) is 11.2 Å². The molecule has 0 atom stereocenters. The summed E-state index contributed by atoms with van der Waals surface area (Å²) in [6, 6.07) is 5.51. The molecule has 1 heterocycles. The van der Waals surface area contributed by atoms with Crippen molar-refractivity contribution in [2.24, 2.45) is 0 Å². The predicted molar refractivity (Wildman–Crippen MR) is 70.4 cm³/mol. The molecule has 20 heavy (non-hydrogen) atoms. The van der Waals surface area contributed by atoms with Crippen molar-refractivity contribution in [3.8, 4) is 17.8 Å². The van der Waals surface area contributed by atoms with Crippen LogP contribution in [-0.2, 0) is 0 Å². The van der Waals surface area contributed by atoms with E-state index in [1.54, 1.807) is 19.0 Å². The van der Waals surface area contributed by atoms with Crippen LogP contribution < -0.4 is 9.64 Å². The molecule has 1 aromatic carbocycles. The lowest BCUT2D eigenvalue weighted by Crippen LogP contribution is -2.13. The second-order valence-electron chi connectivity index (χ2n) is 3.94. The zero-order valence-corrected chi connectivity index (χ0v) is 11.4. The van der Waals surface area contributed by atoms with E-state index < -0.39 is 5.82 Å². The Bertz CT molecular complexity index is 686. The lowest BCUT2D eigenvalue weighted by molar-refractivity contribution is 0.409. The molecule has 2 rings (SSSR count). The van der Waals surface area contributed by atoms with Gasteiger partial charge in [0.15, 0.2) is 11.6 Å². The highest BCUT2D eigenvalue weighted by atomic mass is 35.5. The molecule has 6 nitrogen and oxygen atoms in total. The van der Waals surface area contributed by atoms with Crippen LogP contribution in [0.15, 0.2) is 18.2 Å². The highest BCUT2D eigenvalue weighted by Gasteiger charge is 2.11. The molecule has 0 saturated carbocycles. The first-order valence-electron chi connectivity index (χ1n) is 5.46. The molecule has 0 spiro atoms. The van der Waals surface area contributed by atoms with Crippen LogP contribution in [0.4, 0.5) is 10.3 Å². The predicted octanol–water partition coefficient (Wildman–Crippen LogP) is 2.39. The van der Waals surface area contributed by atoms with Gasteiger partial charge >= 0.3 is 6.01 Å². The van der Waals surface area contributed by atoms with Crippen molar-refractivity contribution in [2.75, 3.05) is 19.0 Å². The van der Waals surface area contributed by atoms with Gasteiger partial charge in [-0.1, -0.05) is 0 Å². The first-order valence-corrected chi connectivity index (χ1v) is 5.84. The van der Waals surface area contributed by atoms with Crippen molar-refractivity contribution in [3.05, 3.63) is 34.9 Å². The summed E-state index contributed by atoms with van der Waals surface area (Å²) in [6.45, 7) is 0. The van der Waals surface area contributed by atoms with Crippen LogP contribution in [0.2, 0.25) is 5.28 Å². The molecule has 0 aliphatic heterocycles. The third-order valence-corrected chi connectivity index (χ3v) is 2.41. The summed E-state index contributed by atoms with van der Waals surface area (Å²) in [5.41, 5.74) is 0.192. The van der Waals surface area contributed by atoms with E-state index in [1.165, 1.54) is 12.1 Å². The van der Waals surface area contributed by atoms with E-state index in [-0.39, 0.29) is 28.6 Å². The molecular weight excluding hydrogens is 285 g/mol. The molecule has 0 aliphatic carbocycles. The van der Waals surface area contributed by atoms with E-state index in [2.05, 4.69) is 15.0 Å². The summed E-state index contributed by atoms with van der Waals surface area (Å²) < 4.78 is 18.9. The maximum atomic E-state index is 13.7. The topological polar surface area (TPSA) is 74.9 Å². The highest BCUT2D eigenvalue weighted by molar-refractivity contribution is 6.28. The van der Waals surface area contributed by atoms with Gasteiger partial charge in [-0.05, 0) is 29.8 Å². The molecule has 0 radical (unpaired) electrons. The number of anilines is 1. The standard InChI is InChI=1S/C12H9ClFN5O/c1-19(2)11-16-10(13)17-12(18-11)20-9-4-3-7(6-15)5-8(9)14/h3-5H,1-2H3. The molecule has 8 heteroatoms. The SMILES string of the molecule is CN(C)c1nc(Cl)nc(Oc2ccc(C#N)cc2F)n1. The highest BCUT2D eigenvalue weighted by Crippen LogP contribution is 2.24. The summed E-state index contributed by atoms with van der Waals surface area (Å²) in [7, 11) is 3.44. The number of rotatable bonds is 3. The minimum atomic E-state index is -0.688. The molecule has 0 unspecified atom stereocenters. The van der Waals surface area contributed by atoms with Crippen molar-refractivity contribution in [2.45, 2.75) is 0 Å². The fourth-order valence-corrected chi connectivity index (χ4v) is 1.47. The third kappa shape index (κ3) is 3.10. The normalized spacial score (nSPS) is 9.95. The third-order valence-electron chi connectivity index (χ3n) is 2.24. The average molecular weight is 294 g/mol. The number of hydrogen-bond acceptors (Lipinski definition) is 6. The van der Waals surface area contributed by atoms with Crippen LogP contribution in [0, 0.1) is 17.1 Å². The maximum absolute atomic E-state index is 13.7. The molecule has 0 fully saturated rings. The molecule has 0 bridgehead atoms. The summed E-state index contributed by atoms with van der Waals surface area (Å²) in [5.74, 6) is -0.503. The van der Waals surface area contributed by atoms with Gasteiger partial charge in [-0.15, -0.1) is 0 Å². The van der Waals surface area contributed by atoms with Gasteiger partial charge in [-0.2, -0.15) is 20.2 Å². The monoisotopic (exact) mass is 293 g/mol. The Morgan fingerprint density at radius 1 is 1.30 bits per heavy atom. The Hall–Kier alpha value is -2.46. The van der Waals surface area contributed by atoms with Gasteiger partial charge in [-0.25, -0.2) is 4.39 Å². The zero-order chi connectivity index (χ0) is 14.7. The van der Waals surface area contributed by atoms with Crippen molar-refractivity contribution in [3.63, 3.8) is 0 Å². The van der Waals surface area contributed by atoms with E-state index >= 15 is 0 Å². The molecule has 0 saturated heterocycles. The fourth-order valence-electron chi connectivity index (χ4n) is 1.32. The molecule has 0 aliphatic rings. The van der Waals surface area contributed by atoms with Gasteiger partial charge in [0.1, 0.15) is 0 Å². The summed E-state index contributed by atoms with van der Waals surface area (Å²) in [5, 5.41) is 8.60. The van der Waals surface area contributed by atoms with Crippen LogP contribution in [0.25, 0.3) is 0 Å². The van der Waals surface area contributed by atoms with E-state index in [9.17, 15) is 4.39 Å². The minimum absolute atomic E-state index is 0.0623. The maximum Gasteiger partial charge on any atom is 0.328 e. The van der Waals surface area contributed by atoms with Gasteiger partial charge in [-0.3, -0.25) is 0 Å².